The third-order valence-corrected chi connectivity index (χ3v) is 6.94. The molecule has 0 saturated heterocycles. The van der Waals surface area contributed by atoms with Gasteiger partial charge in [-0.1, -0.05) is 24.3 Å². The van der Waals surface area contributed by atoms with Gasteiger partial charge in [0.15, 0.2) is 5.65 Å². The van der Waals surface area contributed by atoms with Crippen LogP contribution in [0.3, 0.4) is 0 Å². The molecule has 6 rings (SSSR count). The van der Waals surface area contributed by atoms with Crippen molar-refractivity contribution in [3.05, 3.63) is 124 Å². The van der Waals surface area contributed by atoms with Crippen molar-refractivity contribution in [2.75, 3.05) is 0 Å². The summed E-state index contributed by atoms with van der Waals surface area (Å²) in [4.78, 5) is 36.4. The summed E-state index contributed by atoms with van der Waals surface area (Å²) in [6.07, 6.45) is 5.03. The lowest BCUT2D eigenvalue weighted by Gasteiger charge is -2.22. The molecule has 40 heavy (non-hydrogen) atoms. The number of amides is 1. The molecule has 9 heteroatoms. The maximum absolute atomic E-state index is 14.4. The summed E-state index contributed by atoms with van der Waals surface area (Å²) in [7, 11) is 0. The largest absolute Gasteiger partial charge is 0.344 e. The number of aromatic nitrogens is 5. The molecule has 0 unspecified atom stereocenters. The monoisotopic (exact) mass is 532 g/mol. The van der Waals surface area contributed by atoms with E-state index in [0.29, 0.717) is 39.1 Å². The lowest BCUT2D eigenvalue weighted by atomic mass is 9.98. The van der Waals surface area contributed by atoms with E-state index < -0.39 is 11.9 Å². The highest BCUT2D eigenvalue weighted by atomic mass is 19.1. The van der Waals surface area contributed by atoms with Gasteiger partial charge in [0.2, 0.25) is 0 Å². The van der Waals surface area contributed by atoms with E-state index in [1.54, 1.807) is 55.2 Å². The maximum Gasteiger partial charge on any atom is 0.263 e. The maximum atomic E-state index is 14.4. The van der Waals surface area contributed by atoms with Gasteiger partial charge in [-0.3, -0.25) is 19.1 Å². The van der Waals surface area contributed by atoms with Crippen LogP contribution in [0.2, 0.25) is 0 Å². The summed E-state index contributed by atoms with van der Waals surface area (Å²) >= 11 is 0. The average molecular weight is 533 g/mol. The molecular weight excluding hydrogens is 507 g/mol. The predicted octanol–water partition coefficient (Wildman–Crippen LogP) is 5.34. The zero-order valence-electron chi connectivity index (χ0n) is 22.1. The Labute approximate surface area is 228 Å². The second-order valence-electron chi connectivity index (χ2n) is 9.69. The van der Waals surface area contributed by atoms with Crippen LogP contribution in [0, 0.1) is 19.7 Å². The van der Waals surface area contributed by atoms with Crippen molar-refractivity contribution in [1.29, 1.82) is 0 Å². The number of benzene rings is 2. The number of rotatable bonds is 5. The van der Waals surface area contributed by atoms with Crippen molar-refractivity contribution in [2.24, 2.45) is 0 Å². The van der Waals surface area contributed by atoms with Gasteiger partial charge in [-0.2, -0.15) is 5.10 Å². The minimum atomic E-state index is -0.627. The SMILES string of the molecule is Cc1cc(-c2cccc3cc([C@H](C)NC(=O)c4c(C)nn5cccnc45)n(-c4cccc(F)c4)c(=O)c23)ccn1. The van der Waals surface area contributed by atoms with E-state index in [2.05, 4.69) is 20.4 Å². The fourth-order valence-corrected chi connectivity index (χ4v) is 5.14. The molecule has 0 radical (unpaired) electrons. The molecule has 1 atom stereocenters. The van der Waals surface area contributed by atoms with Crippen LogP contribution in [0.1, 0.15) is 40.4 Å². The Balaban J connectivity index is 1.53. The fraction of sp³-hybridized carbons (Fsp3) is 0.129. The lowest BCUT2D eigenvalue weighted by Crippen LogP contribution is -2.32. The lowest BCUT2D eigenvalue weighted by molar-refractivity contribution is 0.0939. The number of pyridine rings is 2. The third-order valence-electron chi connectivity index (χ3n) is 6.94. The molecule has 198 valence electrons. The number of aryl methyl sites for hydroxylation is 2. The van der Waals surface area contributed by atoms with Crippen LogP contribution in [-0.4, -0.2) is 30.1 Å². The second-order valence-corrected chi connectivity index (χ2v) is 9.69. The van der Waals surface area contributed by atoms with Gasteiger partial charge >= 0.3 is 0 Å². The highest BCUT2D eigenvalue weighted by Gasteiger charge is 2.24. The average Bonchev–Trinajstić information content (AvgIpc) is 3.28. The van der Waals surface area contributed by atoms with E-state index in [9.17, 15) is 14.0 Å². The van der Waals surface area contributed by atoms with Crippen LogP contribution in [0.5, 0.6) is 0 Å². The normalized spacial score (nSPS) is 12.1. The Hall–Kier alpha value is -5.18. The van der Waals surface area contributed by atoms with E-state index in [1.165, 1.54) is 16.7 Å². The van der Waals surface area contributed by atoms with Crippen molar-refractivity contribution in [3.8, 4) is 16.8 Å². The van der Waals surface area contributed by atoms with Crippen molar-refractivity contribution in [2.45, 2.75) is 26.8 Å². The van der Waals surface area contributed by atoms with Crippen LogP contribution in [-0.2, 0) is 0 Å². The molecule has 4 heterocycles. The molecule has 0 aliphatic heterocycles. The molecule has 1 amide bonds. The molecule has 0 fully saturated rings. The topological polar surface area (TPSA) is 94.2 Å². The van der Waals surface area contributed by atoms with Gasteiger partial charge in [-0.05, 0) is 79.7 Å². The molecule has 4 aromatic heterocycles. The fourth-order valence-electron chi connectivity index (χ4n) is 5.14. The number of fused-ring (bicyclic) bond motifs is 2. The van der Waals surface area contributed by atoms with Gasteiger partial charge in [0.1, 0.15) is 11.4 Å². The number of carbonyl (C=O) groups excluding carboxylic acids is 1. The summed E-state index contributed by atoms with van der Waals surface area (Å²) < 4.78 is 17.4. The van der Waals surface area contributed by atoms with E-state index >= 15 is 0 Å². The quantitative estimate of drug-likeness (QED) is 0.323. The van der Waals surface area contributed by atoms with E-state index in [0.717, 1.165) is 16.8 Å². The van der Waals surface area contributed by atoms with Gasteiger partial charge < -0.3 is 5.32 Å². The van der Waals surface area contributed by atoms with Crippen LogP contribution < -0.4 is 10.9 Å². The summed E-state index contributed by atoms with van der Waals surface area (Å²) in [6, 6.07) is 18.3. The Morgan fingerprint density at radius 1 is 0.975 bits per heavy atom. The van der Waals surface area contributed by atoms with Gasteiger partial charge in [-0.15, -0.1) is 0 Å². The smallest absolute Gasteiger partial charge is 0.263 e. The first-order chi connectivity index (χ1) is 19.3. The Kier molecular flexibility index (Phi) is 6.18. The Bertz CT molecular complexity index is 1990. The number of carbonyl (C=O) groups is 1. The zero-order valence-corrected chi connectivity index (χ0v) is 22.1. The molecule has 0 bridgehead atoms. The summed E-state index contributed by atoms with van der Waals surface area (Å²) in [5.41, 5.74) is 4.27. The molecule has 1 N–H and O–H groups in total. The van der Waals surface area contributed by atoms with E-state index in [4.69, 9.17) is 0 Å². The number of hydrogen-bond acceptors (Lipinski definition) is 5. The van der Waals surface area contributed by atoms with Crippen LogP contribution in [0.4, 0.5) is 4.39 Å². The second kappa shape index (κ2) is 9.85. The highest BCUT2D eigenvalue weighted by molar-refractivity contribution is 6.01. The molecule has 6 aromatic rings. The first-order valence-electron chi connectivity index (χ1n) is 12.8. The van der Waals surface area contributed by atoms with Crippen molar-refractivity contribution >= 4 is 22.3 Å². The van der Waals surface area contributed by atoms with Crippen molar-refractivity contribution in [1.82, 2.24) is 29.5 Å². The highest BCUT2D eigenvalue weighted by Crippen LogP contribution is 2.30. The molecule has 2 aromatic carbocycles. The standard InChI is InChI=1S/C31H25FN6O2/c1-18-15-21(11-13-33-18)25-10-4-7-22-16-26(38(31(40)28(22)25)24-9-5-8-23(32)17-24)19(2)35-30(39)27-20(3)36-37-14-6-12-34-29(27)37/h4-17,19H,1-3H3,(H,35,39)/t19-/m0/s1. The van der Waals surface area contributed by atoms with Crippen LogP contribution >= 0.6 is 0 Å². The molecule has 0 aliphatic rings. The van der Waals surface area contributed by atoms with Gasteiger partial charge in [0.05, 0.1) is 22.8 Å². The van der Waals surface area contributed by atoms with Gasteiger partial charge in [0, 0.05) is 30.0 Å². The van der Waals surface area contributed by atoms with E-state index in [1.807, 2.05) is 43.3 Å². The molecule has 0 saturated carbocycles. The summed E-state index contributed by atoms with van der Waals surface area (Å²) in [5.74, 6) is -0.851. The number of nitrogens with zero attached hydrogens (tertiary/aromatic N) is 5. The van der Waals surface area contributed by atoms with Crippen LogP contribution in [0.15, 0.2) is 90.1 Å². The molecular formula is C31H25FN6O2. The minimum absolute atomic E-state index is 0.321. The van der Waals surface area contributed by atoms with Crippen molar-refractivity contribution in [3.63, 3.8) is 0 Å². The predicted molar refractivity (Wildman–Crippen MR) is 151 cm³/mol. The zero-order chi connectivity index (χ0) is 28.0. The summed E-state index contributed by atoms with van der Waals surface area (Å²) in [6.45, 7) is 5.43. The Morgan fingerprint density at radius 2 is 1.80 bits per heavy atom. The molecule has 8 nitrogen and oxygen atoms in total. The number of halogens is 1. The van der Waals surface area contributed by atoms with Gasteiger partial charge in [-0.25, -0.2) is 13.9 Å². The Morgan fingerprint density at radius 3 is 2.60 bits per heavy atom. The number of nitrogens with one attached hydrogen (secondary N) is 1. The minimum Gasteiger partial charge on any atom is -0.344 e. The first-order valence-corrected chi connectivity index (χ1v) is 12.8. The van der Waals surface area contributed by atoms with Gasteiger partial charge in [0.25, 0.3) is 11.5 Å². The van der Waals surface area contributed by atoms with Crippen LogP contribution in [0.25, 0.3) is 33.2 Å². The molecule has 0 aliphatic carbocycles. The number of hydrogen-bond donors (Lipinski definition) is 1. The van der Waals surface area contributed by atoms with Crippen molar-refractivity contribution < 1.29 is 9.18 Å². The first kappa shape index (κ1) is 25.1. The third kappa shape index (κ3) is 4.31. The van der Waals surface area contributed by atoms with E-state index in [-0.39, 0.29) is 11.5 Å². The summed E-state index contributed by atoms with van der Waals surface area (Å²) in [5, 5.41) is 8.58. The molecule has 0 spiro atoms.